The maximum Gasteiger partial charge on any atom is 0.275 e. The van der Waals surface area contributed by atoms with Gasteiger partial charge < -0.3 is 10.2 Å². The van der Waals surface area contributed by atoms with E-state index in [-0.39, 0.29) is 17.5 Å². The number of nitrogens with zero attached hydrogens (tertiary/aromatic N) is 1. The van der Waals surface area contributed by atoms with Gasteiger partial charge in [0.15, 0.2) is 11.6 Å². The average Bonchev–Trinajstić information content (AvgIpc) is 3.03. The smallest absolute Gasteiger partial charge is 0.275 e. The molecule has 0 aliphatic heterocycles. The number of likely N-dealkylation sites (N-methyl/N-ethyl adjacent to an activating group) is 1. The van der Waals surface area contributed by atoms with Crippen molar-refractivity contribution in [1.29, 1.82) is 0 Å². The Morgan fingerprint density at radius 3 is 2.48 bits per heavy atom. The second-order valence-electron chi connectivity index (χ2n) is 9.51. The molecule has 4 bridgehead atoms. The van der Waals surface area contributed by atoms with Crippen LogP contribution in [0.15, 0.2) is 24.3 Å². The van der Waals surface area contributed by atoms with Crippen molar-refractivity contribution in [3.8, 4) is 0 Å². The number of rotatable bonds is 5. The number of thiazole rings is 1. The summed E-state index contributed by atoms with van der Waals surface area (Å²) in [6, 6.07) is 8.51. The molecule has 0 saturated heterocycles. The third-order valence-corrected chi connectivity index (χ3v) is 8.52. The standard InChI is InChI=1S/C22H29N3OS/c1-14(21-23-18-5-3-4-6-19(18)27-21)25(2)13-20(26)24-22-10-15-7-16(11-22)9-17(8-15)12-22/h3-6,14-17H,7-13H2,1-2H3,(H,24,26)/p+1/t14-,15?,16?,17?,22?/m0/s1. The summed E-state index contributed by atoms with van der Waals surface area (Å²) in [4.78, 5) is 18.9. The Morgan fingerprint density at radius 2 is 1.85 bits per heavy atom. The number of aromatic nitrogens is 1. The second-order valence-corrected chi connectivity index (χ2v) is 10.6. The number of fused-ring (bicyclic) bond motifs is 1. The van der Waals surface area contributed by atoms with Crippen LogP contribution in [0.1, 0.15) is 56.5 Å². The van der Waals surface area contributed by atoms with Crippen molar-refractivity contribution in [1.82, 2.24) is 10.3 Å². The third-order valence-electron chi connectivity index (χ3n) is 7.30. The highest BCUT2D eigenvalue weighted by atomic mass is 32.1. The van der Waals surface area contributed by atoms with E-state index in [2.05, 4.69) is 37.5 Å². The topological polar surface area (TPSA) is 46.4 Å². The van der Waals surface area contributed by atoms with Crippen molar-refractivity contribution in [2.24, 2.45) is 17.8 Å². The van der Waals surface area contributed by atoms with Crippen LogP contribution < -0.4 is 10.2 Å². The van der Waals surface area contributed by atoms with E-state index in [4.69, 9.17) is 4.98 Å². The van der Waals surface area contributed by atoms with Gasteiger partial charge >= 0.3 is 0 Å². The monoisotopic (exact) mass is 384 g/mol. The van der Waals surface area contributed by atoms with E-state index < -0.39 is 0 Å². The van der Waals surface area contributed by atoms with Gasteiger partial charge in [0, 0.05) is 5.54 Å². The van der Waals surface area contributed by atoms with Crippen molar-refractivity contribution in [3.63, 3.8) is 0 Å². The number of nitrogens with one attached hydrogen (secondary N) is 2. The molecule has 2 aromatic rings. The van der Waals surface area contributed by atoms with E-state index in [0.717, 1.165) is 28.3 Å². The molecule has 4 fully saturated rings. The summed E-state index contributed by atoms with van der Waals surface area (Å²) in [7, 11) is 2.12. The number of benzene rings is 1. The summed E-state index contributed by atoms with van der Waals surface area (Å²) in [6.45, 7) is 2.71. The van der Waals surface area contributed by atoms with E-state index in [0.29, 0.717) is 6.54 Å². The van der Waals surface area contributed by atoms with Crippen LogP contribution in [0.25, 0.3) is 10.2 Å². The summed E-state index contributed by atoms with van der Waals surface area (Å²) >= 11 is 1.75. The van der Waals surface area contributed by atoms with E-state index in [1.54, 1.807) is 11.3 Å². The molecule has 4 nitrogen and oxygen atoms in total. The maximum absolute atomic E-state index is 12.9. The number of para-hydroxylation sites is 1. The van der Waals surface area contributed by atoms with Crippen LogP contribution in [-0.4, -0.2) is 30.0 Å². The van der Waals surface area contributed by atoms with Gasteiger partial charge in [0.05, 0.1) is 17.3 Å². The molecule has 1 heterocycles. The van der Waals surface area contributed by atoms with Crippen LogP contribution in [0, 0.1) is 17.8 Å². The fraction of sp³-hybridized carbons (Fsp3) is 0.636. The Hall–Kier alpha value is -1.46. The predicted octanol–water partition coefficient (Wildman–Crippen LogP) is 2.96. The van der Waals surface area contributed by atoms with Crippen molar-refractivity contribution in [2.45, 2.75) is 57.0 Å². The summed E-state index contributed by atoms with van der Waals surface area (Å²) in [5.41, 5.74) is 1.18. The van der Waals surface area contributed by atoms with Gasteiger partial charge in [-0.15, -0.1) is 11.3 Å². The number of quaternary nitrogens is 1. The molecule has 0 radical (unpaired) electrons. The summed E-state index contributed by atoms with van der Waals surface area (Å²) in [6.07, 6.45) is 7.89. The van der Waals surface area contributed by atoms with Crippen LogP contribution in [0.5, 0.6) is 0 Å². The molecule has 27 heavy (non-hydrogen) atoms. The Balaban J connectivity index is 1.24. The zero-order chi connectivity index (χ0) is 18.6. The molecule has 6 rings (SSSR count). The molecule has 2 atom stereocenters. The van der Waals surface area contributed by atoms with Crippen LogP contribution >= 0.6 is 11.3 Å². The van der Waals surface area contributed by atoms with Crippen LogP contribution in [0.3, 0.4) is 0 Å². The molecule has 144 valence electrons. The largest absolute Gasteiger partial charge is 0.346 e. The van der Waals surface area contributed by atoms with Gasteiger partial charge in [0.25, 0.3) is 5.91 Å². The van der Waals surface area contributed by atoms with Crippen LogP contribution in [-0.2, 0) is 4.79 Å². The van der Waals surface area contributed by atoms with Crippen molar-refractivity contribution in [2.75, 3.05) is 13.6 Å². The fourth-order valence-corrected chi connectivity index (χ4v) is 7.41. The molecule has 1 unspecified atom stereocenters. The number of hydrogen-bond donors (Lipinski definition) is 2. The maximum atomic E-state index is 12.9. The van der Waals surface area contributed by atoms with E-state index in [9.17, 15) is 4.79 Å². The van der Waals surface area contributed by atoms with Gasteiger partial charge in [-0.3, -0.25) is 4.79 Å². The van der Waals surface area contributed by atoms with Crippen LogP contribution in [0.2, 0.25) is 0 Å². The third kappa shape index (κ3) is 3.29. The lowest BCUT2D eigenvalue weighted by atomic mass is 9.53. The van der Waals surface area contributed by atoms with Crippen LogP contribution in [0.4, 0.5) is 0 Å². The van der Waals surface area contributed by atoms with Crippen molar-refractivity contribution < 1.29 is 9.69 Å². The Morgan fingerprint density at radius 1 is 1.22 bits per heavy atom. The van der Waals surface area contributed by atoms with E-state index in [1.165, 1.54) is 48.1 Å². The molecular formula is C22H30N3OS+. The molecule has 4 aliphatic rings. The minimum atomic E-state index is 0.116. The van der Waals surface area contributed by atoms with E-state index >= 15 is 0 Å². The second kappa shape index (κ2) is 6.56. The SMILES string of the molecule is C[C@@H](c1nc2ccccc2s1)[NH+](C)CC(=O)NC12CC3CC(CC(C3)C1)C2. The molecule has 1 aromatic heterocycles. The number of amides is 1. The first-order chi connectivity index (χ1) is 13.0. The lowest BCUT2D eigenvalue weighted by Crippen LogP contribution is -3.10. The minimum Gasteiger partial charge on any atom is -0.346 e. The van der Waals surface area contributed by atoms with Crippen molar-refractivity contribution in [3.05, 3.63) is 29.3 Å². The van der Waals surface area contributed by atoms with E-state index in [1.807, 2.05) is 6.07 Å². The van der Waals surface area contributed by atoms with Gasteiger partial charge in [-0.2, -0.15) is 0 Å². The molecule has 0 spiro atoms. The molecule has 2 N–H and O–H groups in total. The van der Waals surface area contributed by atoms with Crippen molar-refractivity contribution >= 4 is 27.5 Å². The molecule has 1 aromatic carbocycles. The Bertz CT molecular complexity index is 792. The van der Waals surface area contributed by atoms with Gasteiger partial charge in [0.2, 0.25) is 0 Å². The first kappa shape index (κ1) is 17.6. The lowest BCUT2D eigenvalue weighted by Gasteiger charge is -2.56. The number of carbonyl (C=O) groups is 1. The number of carbonyl (C=O) groups excluding carboxylic acids is 1. The van der Waals surface area contributed by atoms with Gasteiger partial charge in [-0.05, 0) is 75.3 Å². The first-order valence-electron chi connectivity index (χ1n) is 10.5. The predicted molar refractivity (Wildman–Crippen MR) is 109 cm³/mol. The fourth-order valence-electron chi connectivity index (χ4n) is 6.30. The summed E-state index contributed by atoms with van der Waals surface area (Å²) in [5, 5.41) is 4.63. The first-order valence-corrected chi connectivity index (χ1v) is 11.3. The number of hydrogen-bond acceptors (Lipinski definition) is 3. The minimum absolute atomic E-state index is 0.116. The Kier molecular flexibility index (Phi) is 4.28. The average molecular weight is 385 g/mol. The quantitative estimate of drug-likeness (QED) is 0.833. The molecule has 4 aliphatic carbocycles. The lowest BCUT2D eigenvalue weighted by molar-refractivity contribution is -0.902. The zero-order valence-corrected chi connectivity index (χ0v) is 17.1. The Labute approximate surface area is 165 Å². The summed E-state index contributed by atoms with van der Waals surface area (Å²) < 4.78 is 1.23. The van der Waals surface area contributed by atoms with Gasteiger partial charge in [0.1, 0.15) is 6.04 Å². The molecule has 4 saturated carbocycles. The van der Waals surface area contributed by atoms with Gasteiger partial charge in [-0.1, -0.05) is 12.1 Å². The summed E-state index contributed by atoms with van der Waals surface area (Å²) in [5.74, 6) is 2.82. The highest BCUT2D eigenvalue weighted by Gasteiger charge is 2.51. The molecular weight excluding hydrogens is 354 g/mol. The normalized spacial score (nSPS) is 33.9. The highest BCUT2D eigenvalue weighted by Crippen LogP contribution is 2.55. The molecule has 5 heteroatoms. The van der Waals surface area contributed by atoms with Gasteiger partial charge in [-0.25, -0.2) is 4.98 Å². The zero-order valence-electron chi connectivity index (χ0n) is 16.3. The molecule has 1 amide bonds. The highest BCUT2D eigenvalue weighted by molar-refractivity contribution is 7.18.